The van der Waals surface area contributed by atoms with Crippen LogP contribution < -0.4 is 11.2 Å². The molecule has 0 aliphatic rings. The van der Waals surface area contributed by atoms with E-state index in [9.17, 15) is 9.59 Å². The maximum absolute atomic E-state index is 12.7. The van der Waals surface area contributed by atoms with Gasteiger partial charge in [0.05, 0.1) is 5.56 Å². The maximum atomic E-state index is 12.7. The summed E-state index contributed by atoms with van der Waals surface area (Å²) < 4.78 is 1.24. The van der Waals surface area contributed by atoms with Crippen molar-refractivity contribution in [2.75, 3.05) is 12.0 Å². The summed E-state index contributed by atoms with van der Waals surface area (Å²) in [5.41, 5.74) is 1.26. The molecule has 0 aliphatic carbocycles. The van der Waals surface area contributed by atoms with Crippen LogP contribution in [0.15, 0.2) is 33.9 Å². The second kappa shape index (κ2) is 6.54. The molecule has 0 amide bonds. The van der Waals surface area contributed by atoms with Crippen molar-refractivity contribution in [2.45, 2.75) is 19.9 Å². The monoisotopic (exact) mass is 324 g/mol. The minimum absolute atomic E-state index is 0.0863. The van der Waals surface area contributed by atoms with Gasteiger partial charge in [-0.1, -0.05) is 41.4 Å². The van der Waals surface area contributed by atoms with Crippen LogP contribution in [0.4, 0.5) is 0 Å². The van der Waals surface area contributed by atoms with Crippen LogP contribution >= 0.6 is 23.4 Å². The highest BCUT2D eigenvalue weighted by atomic mass is 35.5. The second-order valence-electron chi connectivity index (χ2n) is 4.97. The van der Waals surface area contributed by atoms with Crippen molar-refractivity contribution in [3.05, 3.63) is 55.8 Å². The third kappa shape index (κ3) is 3.24. The van der Waals surface area contributed by atoms with Gasteiger partial charge in [0.2, 0.25) is 0 Å². The van der Waals surface area contributed by atoms with Crippen molar-refractivity contribution < 1.29 is 0 Å². The number of aromatic nitrogens is 2. The Labute approximate surface area is 132 Å². The van der Waals surface area contributed by atoms with Crippen molar-refractivity contribution in [3.8, 4) is 11.1 Å². The highest BCUT2D eigenvalue weighted by Gasteiger charge is 2.18. The number of nitrogens with zero attached hydrogens (tertiary/aromatic N) is 1. The van der Waals surface area contributed by atoms with Crippen LogP contribution in [0.25, 0.3) is 11.1 Å². The molecule has 0 fully saturated rings. The predicted octanol–water partition coefficient (Wildman–Crippen LogP) is 3.09. The van der Waals surface area contributed by atoms with E-state index in [1.807, 2.05) is 44.4 Å². The van der Waals surface area contributed by atoms with Crippen LogP contribution in [0.2, 0.25) is 5.15 Å². The average Bonchev–Trinajstić information content (AvgIpc) is 2.38. The number of aryl methyl sites for hydroxylation is 1. The third-order valence-corrected chi connectivity index (χ3v) is 4.34. The summed E-state index contributed by atoms with van der Waals surface area (Å²) in [5.74, 6) is 0.678. The number of nitrogens with one attached hydrogen (secondary N) is 1. The lowest BCUT2D eigenvalue weighted by Gasteiger charge is -2.15. The molecule has 2 rings (SSSR count). The van der Waals surface area contributed by atoms with Crippen molar-refractivity contribution >= 4 is 23.4 Å². The number of H-pyrrole nitrogens is 1. The molecule has 1 unspecified atom stereocenters. The third-order valence-electron chi connectivity index (χ3n) is 3.24. The van der Waals surface area contributed by atoms with Crippen LogP contribution in [-0.4, -0.2) is 21.6 Å². The Kier molecular flexibility index (Phi) is 4.96. The van der Waals surface area contributed by atoms with Gasteiger partial charge in [-0.05, 0) is 25.7 Å². The zero-order valence-corrected chi connectivity index (χ0v) is 13.7. The van der Waals surface area contributed by atoms with Crippen LogP contribution in [0.1, 0.15) is 18.5 Å². The normalized spacial score (nSPS) is 12.4. The predicted molar refractivity (Wildman–Crippen MR) is 89.6 cm³/mol. The van der Waals surface area contributed by atoms with Gasteiger partial charge in [0, 0.05) is 11.8 Å². The molecule has 4 nitrogen and oxygen atoms in total. The van der Waals surface area contributed by atoms with E-state index in [2.05, 4.69) is 4.98 Å². The summed E-state index contributed by atoms with van der Waals surface area (Å²) in [5, 5.41) is 0.0863. The summed E-state index contributed by atoms with van der Waals surface area (Å²) in [6.45, 7) is 3.79. The average molecular weight is 325 g/mol. The van der Waals surface area contributed by atoms with Crippen LogP contribution in [0.3, 0.4) is 0 Å². The molecule has 1 heterocycles. The molecule has 6 heteroatoms. The topological polar surface area (TPSA) is 54.9 Å². The molecule has 0 radical (unpaired) electrons. The first-order valence-electron chi connectivity index (χ1n) is 6.56. The van der Waals surface area contributed by atoms with Gasteiger partial charge < -0.3 is 0 Å². The van der Waals surface area contributed by atoms with Gasteiger partial charge in [-0.25, -0.2) is 4.79 Å². The Bertz CT molecular complexity index is 767. The summed E-state index contributed by atoms with van der Waals surface area (Å²) in [7, 11) is 0. The van der Waals surface area contributed by atoms with E-state index in [-0.39, 0.29) is 16.8 Å². The molecule has 0 bridgehead atoms. The van der Waals surface area contributed by atoms with E-state index >= 15 is 0 Å². The van der Waals surface area contributed by atoms with Gasteiger partial charge in [-0.3, -0.25) is 14.3 Å². The van der Waals surface area contributed by atoms with E-state index in [1.165, 1.54) is 4.57 Å². The summed E-state index contributed by atoms with van der Waals surface area (Å²) in [4.78, 5) is 27.3. The molecule has 1 aromatic carbocycles. The van der Waals surface area contributed by atoms with E-state index < -0.39 is 5.69 Å². The van der Waals surface area contributed by atoms with Crippen LogP contribution in [-0.2, 0) is 0 Å². The Morgan fingerprint density at radius 2 is 2.10 bits per heavy atom. The molecule has 1 aromatic heterocycles. The van der Waals surface area contributed by atoms with Gasteiger partial charge in [-0.15, -0.1) is 0 Å². The van der Waals surface area contributed by atoms with Crippen LogP contribution in [0, 0.1) is 6.92 Å². The van der Waals surface area contributed by atoms with Gasteiger partial charge >= 0.3 is 5.69 Å². The van der Waals surface area contributed by atoms with Gasteiger partial charge in [0.1, 0.15) is 5.15 Å². The Hall–Kier alpha value is -1.46. The molecule has 0 spiro atoms. The van der Waals surface area contributed by atoms with E-state index in [4.69, 9.17) is 11.6 Å². The number of aromatic amines is 1. The maximum Gasteiger partial charge on any atom is 0.329 e. The van der Waals surface area contributed by atoms with E-state index in [1.54, 1.807) is 11.8 Å². The number of rotatable bonds is 4. The molecule has 0 saturated heterocycles. The minimum atomic E-state index is -0.469. The Morgan fingerprint density at radius 3 is 2.71 bits per heavy atom. The van der Waals surface area contributed by atoms with Gasteiger partial charge in [-0.2, -0.15) is 11.8 Å². The Morgan fingerprint density at radius 1 is 1.38 bits per heavy atom. The SMILES string of the molecule is CSCC(C)n1c(=O)[nH]c(Cl)c(-c2cccc(C)c2)c1=O. The largest absolute Gasteiger partial charge is 0.329 e. The van der Waals surface area contributed by atoms with Gasteiger partial charge in [0.25, 0.3) is 5.56 Å². The standard InChI is InChI=1S/C15H17ClN2O2S/c1-9-5-4-6-11(7-9)12-13(16)17-15(20)18(14(12)19)10(2)8-21-3/h4-7,10H,8H2,1-3H3,(H,17,20). The molecule has 21 heavy (non-hydrogen) atoms. The van der Waals surface area contributed by atoms with E-state index in [0.29, 0.717) is 16.9 Å². The molecule has 2 aromatic rings. The van der Waals surface area contributed by atoms with Crippen molar-refractivity contribution in [3.63, 3.8) is 0 Å². The number of thioether (sulfide) groups is 1. The van der Waals surface area contributed by atoms with Crippen molar-refractivity contribution in [2.24, 2.45) is 0 Å². The zero-order valence-electron chi connectivity index (χ0n) is 12.1. The molecule has 0 aliphatic heterocycles. The highest BCUT2D eigenvalue weighted by molar-refractivity contribution is 7.98. The van der Waals surface area contributed by atoms with Crippen LogP contribution in [0.5, 0.6) is 0 Å². The summed E-state index contributed by atoms with van der Waals surface area (Å²) in [6.07, 6.45) is 1.94. The number of benzene rings is 1. The molecular weight excluding hydrogens is 308 g/mol. The van der Waals surface area contributed by atoms with Crippen molar-refractivity contribution in [1.82, 2.24) is 9.55 Å². The molecule has 112 valence electrons. The zero-order chi connectivity index (χ0) is 15.6. The first-order valence-corrected chi connectivity index (χ1v) is 8.33. The highest BCUT2D eigenvalue weighted by Crippen LogP contribution is 2.23. The molecular formula is C15H17ClN2O2S. The smallest absolute Gasteiger partial charge is 0.297 e. The van der Waals surface area contributed by atoms with E-state index in [0.717, 1.165) is 5.56 Å². The number of hydrogen-bond acceptors (Lipinski definition) is 3. The fourth-order valence-corrected chi connectivity index (χ4v) is 3.19. The minimum Gasteiger partial charge on any atom is -0.297 e. The number of hydrogen-bond donors (Lipinski definition) is 1. The molecule has 1 atom stereocenters. The molecule has 1 N–H and O–H groups in total. The summed E-state index contributed by atoms with van der Waals surface area (Å²) >= 11 is 7.69. The molecule has 0 saturated carbocycles. The fraction of sp³-hybridized carbons (Fsp3) is 0.333. The second-order valence-corrected chi connectivity index (χ2v) is 6.26. The van der Waals surface area contributed by atoms with Gasteiger partial charge in [0.15, 0.2) is 0 Å². The Balaban J connectivity index is 2.71. The van der Waals surface area contributed by atoms with Crippen molar-refractivity contribution in [1.29, 1.82) is 0 Å². The first-order chi connectivity index (χ1) is 9.95. The summed E-state index contributed by atoms with van der Waals surface area (Å²) in [6, 6.07) is 7.30. The fourth-order valence-electron chi connectivity index (χ4n) is 2.29. The quantitative estimate of drug-likeness (QED) is 0.879. The number of halogens is 1. The first kappa shape index (κ1) is 15.9. The lowest BCUT2D eigenvalue weighted by molar-refractivity contribution is 0.555. The lowest BCUT2D eigenvalue weighted by Crippen LogP contribution is -2.39. The lowest BCUT2D eigenvalue weighted by atomic mass is 10.1.